The van der Waals surface area contributed by atoms with Crippen LogP contribution in [0.3, 0.4) is 0 Å². The Morgan fingerprint density at radius 3 is 1.62 bits per heavy atom. The van der Waals surface area contributed by atoms with E-state index in [2.05, 4.69) is 3.48 Å². The van der Waals surface area contributed by atoms with Crippen molar-refractivity contribution in [3.05, 3.63) is 24.3 Å². The molecule has 0 saturated heterocycles. The summed E-state index contributed by atoms with van der Waals surface area (Å²) in [7, 11) is 4.20. The average molecular weight is 309 g/mol. The Labute approximate surface area is 137 Å². The molecule has 0 atom stereocenters. The van der Waals surface area contributed by atoms with Crippen molar-refractivity contribution >= 4 is 50.2 Å². The Kier molecular flexibility index (Phi) is 29.3. The molecule has 1 aromatic rings. The number of benzene rings is 1. The molecule has 88 valence electrons. The van der Waals surface area contributed by atoms with Gasteiger partial charge in [0.25, 0.3) is 0 Å². The number of methoxy groups -OCH3 is 2. The molecule has 0 spiro atoms. The molecule has 0 N–H and O–H groups in total. The minimum absolute atomic E-state index is 0. The zero-order valence-electron chi connectivity index (χ0n) is 10.00. The number of ether oxygens (including phenoxy) is 2. The fourth-order valence-corrected chi connectivity index (χ4v) is 0.728. The molecular formula is C8H15AlCl2MgO3Si. The van der Waals surface area contributed by atoms with Crippen LogP contribution in [-0.2, 0) is 3.48 Å². The van der Waals surface area contributed by atoms with Crippen LogP contribution in [-0.4, -0.2) is 64.4 Å². The molecule has 0 aromatic heterocycles. The first-order valence-electron chi connectivity index (χ1n) is 3.86. The molecule has 0 heterocycles. The Morgan fingerprint density at radius 2 is 1.38 bits per heavy atom. The van der Waals surface area contributed by atoms with Gasteiger partial charge in [-0.15, -0.1) is 0 Å². The summed E-state index contributed by atoms with van der Waals surface area (Å²) in [6.45, 7) is 0. The molecule has 0 fully saturated rings. The standard InChI is InChI=1S/C8H10O2.Al.2ClH.Mg.H3OSi.2H/c1-9-7-4-3-5-8(6-7)10-2;;;;;1-2;;/h3-6H,1-2H3;;2*1H;;2H3;;/q;+1;;;+2;-1;;/p-2. The second-order valence-corrected chi connectivity index (χ2v) is 5.56. The molecule has 1 aromatic carbocycles. The molecule has 1 rings (SSSR count). The van der Waals surface area contributed by atoms with E-state index in [1.165, 1.54) is 0 Å². The first-order chi connectivity index (χ1) is 6.28. The van der Waals surface area contributed by atoms with E-state index in [9.17, 15) is 0 Å². The molecular weight excluding hydrogens is 294 g/mol. The van der Waals surface area contributed by atoms with Crippen LogP contribution in [0.2, 0.25) is 0 Å². The number of hydrogen-bond acceptors (Lipinski definition) is 3. The molecule has 3 nitrogen and oxygen atoms in total. The van der Waals surface area contributed by atoms with Crippen LogP contribution in [0.5, 0.6) is 11.5 Å². The van der Waals surface area contributed by atoms with Gasteiger partial charge in [0, 0.05) is 6.07 Å². The zero-order valence-corrected chi connectivity index (χ0v) is 16.9. The summed E-state index contributed by atoms with van der Waals surface area (Å²) >= 11 is 0.931. The monoisotopic (exact) mass is 308 g/mol. The molecule has 0 unspecified atom stereocenters. The summed E-state index contributed by atoms with van der Waals surface area (Å²) in [5.74, 6) is 1.64. The van der Waals surface area contributed by atoms with Crippen molar-refractivity contribution in [2.75, 3.05) is 14.2 Å². The predicted octanol–water partition coefficient (Wildman–Crippen LogP) is -6.84. The van der Waals surface area contributed by atoms with Crippen LogP contribution in [0.25, 0.3) is 0 Å². The van der Waals surface area contributed by atoms with Crippen molar-refractivity contribution in [1.29, 1.82) is 0 Å². The zero-order chi connectivity index (χ0) is 10.1. The van der Waals surface area contributed by atoms with E-state index in [1.54, 1.807) is 14.2 Å². The Morgan fingerprint density at radius 1 is 1.06 bits per heavy atom. The van der Waals surface area contributed by atoms with Crippen molar-refractivity contribution in [3.63, 3.8) is 0 Å². The number of halogens is 2. The third kappa shape index (κ3) is 12.9. The summed E-state index contributed by atoms with van der Waals surface area (Å²) in [6, 6.07) is 7.47. The first kappa shape index (κ1) is 25.7. The van der Waals surface area contributed by atoms with Gasteiger partial charge in [-0.3, -0.25) is 0 Å². The van der Waals surface area contributed by atoms with E-state index < -0.39 is 0 Å². The van der Waals surface area contributed by atoms with Crippen molar-refractivity contribution in [2.45, 2.75) is 0 Å². The normalized spacial score (nSPS) is 6.88. The van der Waals surface area contributed by atoms with Crippen LogP contribution in [0.4, 0.5) is 0 Å². The van der Waals surface area contributed by atoms with Crippen molar-refractivity contribution < 1.29 is 37.8 Å². The summed E-state index contributed by atoms with van der Waals surface area (Å²) in [4.78, 5) is 0. The minimum Gasteiger partial charge on any atom is -1.00 e. The molecule has 0 bridgehead atoms. The maximum atomic E-state index is 4.98. The maximum absolute atomic E-state index is 4.98. The maximum Gasteiger partial charge on any atom is 2.00 e. The minimum atomic E-state index is 0. The first-order valence-corrected chi connectivity index (χ1v) is 5.50. The fraction of sp³-hybridized carbons (Fsp3) is 0.250. The van der Waals surface area contributed by atoms with E-state index in [0.29, 0.717) is 0 Å². The third-order valence-electron chi connectivity index (χ3n) is 1.28. The Hall–Kier alpha value is 0.876. The Balaban J connectivity index is -0.000000109. The Bertz CT molecular complexity index is 227. The van der Waals surface area contributed by atoms with Crippen LogP contribution >= 0.6 is 0 Å². The quantitative estimate of drug-likeness (QED) is 0.508. The van der Waals surface area contributed by atoms with Gasteiger partial charge in [0.2, 0.25) is 0 Å². The molecule has 0 aliphatic heterocycles. The van der Waals surface area contributed by atoms with Gasteiger partial charge in [-0.1, -0.05) is 6.07 Å². The molecule has 0 saturated carbocycles. The van der Waals surface area contributed by atoms with Gasteiger partial charge in [-0.2, -0.15) is 0 Å². The van der Waals surface area contributed by atoms with Gasteiger partial charge in [-0.05, 0) is 12.1 Å². The molecule has 16 heavy (non-hydrogen) atoms. The average Bonchev–Trinajstić information content (AvgIpc) is 2.19. The topological polar surface area (TPSA) is 27.7 Å². The molecule has 0 aliphatic carbocycles. The number of hydrogen-bond donors (Lipinski definition) is 0. The smallest absolute Gasteiger partial charge is 1.00 e. The van der Waals surface area contributed by atoms with Gasteiger partial charge >= 0.3 is 39.7 Å². The van der Waals surface area contributed by atoms with Crippen molar-refractivity contribution in [3.8, 4) is 11.5 Å². The molecule has 0 amide bonds. The van der Waals surface area contributed by atoms with E-state index in [-0.39, 0.29) is 47.9 Å². The van der Waals surface area contributed by atoms with E-state index >= 15 is 0 Å². The van der Waals surface area contributed by atoms with E-state index in [0.717, 1.165) is 38.6 Å². The number of rotatable bonds is 2. The van der Waals surface area contributed by atoms with Crippen LogP contribution in [0, 0.1) is 0 Å². The third-order valence-corrected chi connectivity index (χ3v) is 1.28. The van der Waals surface area contributed by atoms with Gasteiger partial charge in [-0.25, -0.2) is 0 Å². The molecule has 0 radical (unpaired) electrons. The van der Waals surface area contributed by atoms with Crippen LogP contribution in [0.1, 0.15) is 0 Å². The second-order valence-electron chi connectivity index (χ2n) is 2.29. The van der Waals surface area contributed by atoms with Crippen molar-refractivity contribution in [2.24, 2.45) is 0 Å². The van der Waals surface area contributed by atoms with Gasteiger partial charge in [0.1, 0.15) is 22.0 Å². The van der Waals surface area contributed by atoms with E-state index in [4.69, 9.17) is 9.47 Å². The molecule has 0 aliphatic rings. The SMILES string of the molecule is COc1cccc(OC)c1.[AlH2][O][SiH3].[Cl-].[Cl-].[Mg+2]. The van der Waals surface area contributed by atoms with E-state index in [1.807, 2.05) is 24.3 Å². The summed E-state index contributed by atoms with van der Waals surface area (Å²) in [6.07, 6.45) is 0. The largest absolute Gasteiger partial charge is 2.00 e. The van der Waals surface area contributed by atoms with Gasteiger partial charge < -0.3 is 37.8 Å². The summed E-state index contributed by atoms with van der Waals surface area (Å²) < 4.78 is 14.5. The van der Waals surface area contributed by atoms with Gasteiger partial charge in [0.05, 0.1) is 14.2 Å². The van der Waals surface area contributed by atoms with Crippen LogP contribution < -0.4 is 34.3 Å². The van der Waals surface area contributed by atoms with Crippen LogP contribution in [0.15, 0.2) is 24.3 Å². The molecule has 8 heteroatoms. The fourth-order valence-electron chi connectivity index (χ4n) is 0.728. The second kappa shape index (κ2) is 18.2. The summed E-state index contributed by atoms with van der Waals surface area (Å²) in [5.41, 5.74) is 0. The van der Waals surface area contributed by atoms with Crippen molar-refractivity contribution in [1.82, 2.24) is 0 Å². The summed E-state index contributed by atoms with van der Waals surface area (Å²) in [5, 5.41) is 0. The van der Waals surface area contributed by atoms with Gasteiger partial charge in [0.15, 0.2) is 0 Å². The predicted molar refractivity (Wildman–Crippen MR) is 64.9 cm³/mol.